The van der Waals surface area contributed by atoms with E-state index < -0.39 is 0 Å². The molecule has 2 aromatic carbocycles. The summed E-state index contributed by atoms with van der Waals surface area (Å²) in [6, 6.07) is 21.9. The van der Waals surface area contributed by atoms with Crippen LogP contribution in [0.15, 0.2) is 71.5 Å². The van der Waals surface area contributed by atoms with Crippen LogP contribution in [0.1, 0.15) is 11.1 Å². The Morgan fingerprint density at radius 2 is 1.62 bits per heavy atom. The van der Waals surface area contributed by atoms with Crippen molar-refractivity contribution in [2.45, 2.75) is 19.9 Å². The van der Waals surface area contributed by atoms with Gasteiger partial charge in [0.1, 0.15) is 0 Å². The first-order valence-corrected chi connectivity index (χ1v) is 7.92. The van der Waals surface area contributed by atoms with Crippen molar-refractivity contribution in [2.24, 2.45) is 0 Å². The van der Waals surface area contributed by atoms with E-state index in [1.54, 1.807) is 4.57 Å². The highest BCUT2D eigenvalue weighted by Gasteiger charge is 2.13. The van der Waals surface area contributed by atoms with E-state index in [4.69, 9.17) is 6.57 Å². The van der Waals surface area contributed by atoms with Crippen molar-refractivity contribution in [1.29, 1.82) is 0 Å². The number of aryl methyl sites for hydroxylation is 2. The predicted octanol–water partition coefficient (Wildman–Crippen LogP) is 4.62. The lowest BCUT2D eigenvalue weighted by Gasteiger charge is -2.15. The molecule has 0 aliphatic rings. The fourth-order valence-corrected chi connectivity index (χ4v) is 2.85. The molecule has 3 aromatic rings. The first kappa shape index (κ1) is 15.8. The number of pyridine rings is 1. The molecule has 1 heterocycles. The number of hydrogen-bond acceptors (Lipinski definition) is 1. The van der Waals surface area contributed by atoms with Crippen LogP contribution in [0.25, 0.3) is 16.1 Å². The smallest absolute Gasteiger partial charge is 0.257 e. The molecule has 0 aliphatic heterocycles. The molecular weight excluding hydrogens is 296 g/mol. The molecule has 3 heteroatoms. The molecule has 0 unspecified atom stereocenters. The Morgan fingerprint density at radius 3 is 2.25 bits per heavy atom. The molecule has 0 radical (unpaired) electrons. The van der Waals surface area contributed by atoms with Crippen LogP contribution in [0.4, 0.5) is 5.69 Å². The van der Waals surface area contributed by atoms with Crippen LogP contribution < -0.4 is 5.56 Å². The zero-order valence-corrected chi connectivity index (χ0v) is 13.6. The topological polar surface area (TPSA) is 26.4 Å². The van der Waals surface area contributed by atoms with Gasteiger partial charge in [-0.3, -0.25) is 4.79 Å². The van der Waals surface area contributed by atoms with Crippen molar-refractivity contribution in [1.82, 2.24) is 4.57 Å². The Bertz CT molecular complexity index is 935. The molecule has 0 bridgehead atoms. The van der Waals surface area contributed by atoms with Crippen LogP contribution in [0, 0.1) is 13.5 Å². The lowest BCUT2D eigenvalue weighted by atomic mass is 10.1. The van der Waals surface area contributed by atoms with Gasteiger partial charge >= 0.3 is 0 Å². The molecule has 24 heavy (non-hydrogen) atoms. The molecule has 3 rings (SSSR count). The predicted molar refractivity (Wildman–Crippen MR) is 97.3 cm³/mol. The third-order valence-corrected chi connectivity index (χ3v) is 4.11. The molecule has 0 aliphatic carbocycles. The largest absolute Gasteiger partial charge is 0.317 e. The van der Waals surface area contributed by atoms with Gasteiger partial charge in [-0.15, -0.1) is 0 Å². The van der Waals surface area contributed by atoms with Crippen LogP contribution in [-0.2, 0) is 13.0 Å². The minimum absolute atomic E-state index is 0.209. The van der Waals surface area contributed by atoms with Gasteiger partial charge in [0.15, 0.2) is 0 Å². The SMILES string of the molecule is [C-]#[N+]c1c(C)cc(-c2ccccc2)n(CCc2ccccc2)c1=O. The van der Waals surface area contributed by atoms with E-state index in [-0.39, 0.29) is 11.2 Å². The molecule has 118 valence electrons. The summed E-state index contributed by atoms with van der Waals surface area (Å²) in [7, 11) is 0. The maximum Gasteiger partial charge on any atom is 0.257 e. The van der Waals surface area contributed by atoms with E-state index in [9.17, 15) is 4.79 Å². The summed E-state index contributed by atoms with van der Waals surface area (Å²) in [5.41, 5.74) is 3.75. The van der Waals surface area contributed by atoms with Crippen LogP contribution in [0.3, 0.4) is 0 Å². The van der Waals surface area contributed by atoms with Gasteiger partial charge in [0.2, 0.25) is 0 Å². The second kappa shape index (κ2) is 6.97. The van der Waals surface area contributed by atoms with E-state index in [2.05, 4.69) is 17.0 Å². The lowest BCUT2D eigenvalue weighted by Crippen LogP contribution is -2.23. The highest BCUT2D eigenvalue weighted by atomic mass is 16.1. The first-order chi connectivity index (χ1) is 11.7. The third-order valence-electron chi connectivity index (χ3n) is 4.11. The summed E-state index contributed by atoms with van der Waals surface area (Å²) in [6.07, 6.45) is 0.751. The van der Waals surface area contributed by atoms with Crippen molar-refractivity contribution >= 4 is 5.69 Å². The number of rotatable bonds is 4. The Balaban J connectivity index is 2.08. The fraction of sp³-hybridized carbons (Fsp3) is 0.143. The van der Waals surface area contributed by atoms with Gasteiger partial charge in [0, 0.05) is 12.2 Å². The molecule has 1 aromatic heterocycles. The molecule has 0 N–H and O–H groups in total. The minimum Gasteiger partial charge on any atom is -0.317 e. The van der Waals surface area contributed by atoms with Crippen molar-refractivity contribution in [2.75, 3.05) is 0 Å². The zero-order chi connectivity index (χ0) is 16.9. The van der Waals surface area contributed by atoms with Crippen molar-refractivity contribution < 1.29 is 0 Å². The summed E-state index contributed by atoms with van der Waals surface area (Å²) in [6.45, 7) is 9.68. The van der Waals surface area contributed by atoms with E-state index >= 15 is 0 Å². The summed E-state index contributed by atoms with van der Waals surface area (Å²) >= 11 is 0. The van der Waals surface area contributed by atoms with Gasteiger partial charge in [-0.25, -0.2) is 4.85 Å². The molecule has 0 saturated carbocycles. The molecule has 3 nitrogen and oxygen atoms in total. The lowest BCUT2D eigenvalue weighted by molar-refractivity contribution is 0.678. The second-order valence-electron chi connectivity index (χ2n) is 5.73. The summed E-state index contributed by atoms with van der Waals surface area (Å²) < 4.78 is 1.72. The van der Waals surface area contributed by atoms with Gasteiger partial charge in [-0.2, -0.15) is 0 Å². The highest BCUT2D eigenvalue weighted by molar-refractivity contribution is 5.64. The number of aromatic nitrogens is 1. The van der Waals surface area contributed by atoms with Crippen molar-refractivity contribution in [3.8, 4) is 11.3 Å². The number of benzene rings is 2. The maximum absolute atomic E-state index is 12.8. The van der Waals surface area contributed by atoms with Gasteiger partial charge in [-0.05, 0) is 36.1 Å². The number of hydrogen-bond donors (Lipinski definition) is 0. The number of nitrogens with zero attached hydrogens (tertiary/aromatic N) is 2. The summed E-state index contributed by atoms with van der Waals surface area (Å²) in [4.78, 5) is 16.2. The van der Waals surface area contributed by atoms with E-state index in [0.717, 1.165) is 23.2 Å². The molecule has 0 amide bonds. The van der Waals surface area contributed by atoms with Gasteiger partial charge in [-0.1, -0.05) is 60.7 Å². The molecule has 0 saturated heterocycles. The standard InChI is InChI=1S/C21H18N2O/c1-16-15-19(18-11-7-4-8-12-18)23(21(24)20(16)22-2)14-13-17-9-5-3-6-10-17/h3-12,15H,13-14H2,1H3. The highest BCUT2D eigenvalue weighted by Crippen LogP contribution is 2.23. The average molecular weight is 314 g/mol. The first-order valence-electron chi connectivity index (χ1n) is 7.92. The Hall–Kier alpha value is -3.12. The maximum atomic E-state index is 12.8. The summed E-state index contributed by atoms with van der Waals surface area (Å²) in [5.74, 6) is 0. The van der Waals surface area contributed by atoms with Crippen LogP contribution in [-0.4, -0.2) is 4.57 Å². The third kappa shape index (κ3) is 3.13. The zero-order valence-electron chi connectivity index (χ0n) is 13.6. The molecule has 0 atom stereocenters. The molecule has 0 fully saturated rings. The minimum atomic E-state index is -0.209. The Labute approximate surface area is 141 Å². The second-order valence-corrected chi connectivity index (χ2v) is 5.73. The normalized spacial score (nSPS) is 10.3. The van der Waals surface area contributed by atoms with Crippen LogP contribution >= 0.6 is 0 Å². The fourth-order valence-electron chi connectivity index (χ4n) is 2.85. The monoisotopic (exact) mass is 314 g/mol. The Kier molecular flexibility index (Phi) is 4.58. The summed E-state index contributed by atoms with van der Waals surface area (Å²) in [5, 5.41) is 0. The van der Waals surface area contributed by atoms with E-state index in [1.165, 1.54) is 5.56 Å². The van der Waals surface area contributed by atoms with E-state index in [1.807, 2.05) is 61.5 Å². The van der Waals surface area contributed by atoms with Gasteiger partial charge < -0.3 is 4.57 Å². The molecule has 0 spiro atoms. The molecular formula is C21H18N2O. The van der Waals surface area contributed by atoms with Gasteiger partial charge in [0.05, 0.1) is 6.57 Å². The van der Waals surface area contributed by atoms with Gasteiger partial charge in [0.25, 0.3) is 11.2 Å². The van der Waals surface area contributed by atoms with E-state index in [0.29, 0.717) is 6.54 Å². The van der Waals surface area contributed by atoms with Crippen molar-refractivity contribution in [3.63, 3.8) is 0 Å². The Morgan fingerprint density at radius 1 is 1.00 bits per heavy atom. The van der Waals surface area contributed by atoms with Crippen LogP contribution in [0.2, 0.25) is 0 Å². The average Bonchev–Trinajstić information content (AvgIpc) is 2.62. The quantitative estimate of drug-likeness (QED) is 0.646. The van der Waals surface area contributed by atoms with Crippen LogP contribution in [0.5, 0.6) is 0 Å². The van der Waals surface area contributed by atoms with Crippen molar-refractivity contribution in [3.05, 3.63) is 99.6 Å².